The van der Waals surface area contributed by atoms with Gasteiger partial charge in [-0.1, -0.05) is 12.1 Å². The number of nitro groups is 1. The van der Waals surface area contributed by atoms with Gasteiger partial charge in [0.25, 0.3) is 5.69 Å². The molecule has 2 atom stereocenters. The first-order chi connectivity index (χ1) is 8.95. The fraction of sp³-hybridized carbons (Fsp3) is 0.417. The molecule has 0 bridgehead atoms. The molecule has 19 heavy (non-hydrogen) atoms. The van der Waals surface area contributed by atoms with Crippen LogP contribution in [0.2, 0.25) is 0 Å². The molecular formula is C12H15NO6. The standard InChI is InChI=1S/C12H15NO6/c1-2-19-11(15)7-10(14)12(16)8-4-3-5-9(6-8)13(17)18/h3-6,10,12,14,16H,2,7H2,1H3. The van der Waals surface area contributed by atoms with Crippen molar-refractivity contribution < 1.29 is 24.7 Å². The molecule has 0 aliphatic rings. The van der Waals surface area contributed by atoms with Crippen molar-refractivity contribution in [3.05, 3.63) is 39.9 Å². The molecule has 0 spiro atoms. The molecule has 1 aromatic carbocycles. The number of non-ortho nitro benzene ring substituents is 1. The number of aliphatic hydroxyl groups excluding tert-OH is 2. The molecule has 0 amide bonds. The second kappa shape index (κ2) is 6.81. The van der Waals surface area contributed by atoms with E-state index in [-0.39, 0.29) is 24.3 Å². The largest absolute Gasteiger partial charge is 0.466 e. The van der Waals surface area contributed by atoms with Gasteiger partial charge in [0, 0.05) is 12.1 Å². The van der Waals surface area contributed by atoms with Crippen LogP contribution < -0.4 is 0 Å². The maximum Gasteiger partial charge on any atom is 0.308 e. The summed E-state index contributed by atoms with van der Waals surface area (Å²) in [6.45, 7) is 1.81. The van der Waals surface area contributed by atoms with E-state index < -0.39 is 23.1 Å². The zero-order valence-electron chi connectivity index (χ0n) is 10.4. The van der Waals surface area contributed by atoms with Gasteiger partial charge in [0.15, 0.2) is 0 Å². The summed E-state index contributed by atoms with van der Waals surface area (Å²) in [5.41, 5.74) is -0.0223. The molecule has 1 rings (SSSR count). The van der Waals surface area contributed by atoms with Gasteiger partial charge in [0.05, 0.1) is 24.1 Å². The number of rotatable bonds is 6. The Balaban J connectivity index is 2.76. The Morgan fingerprint density at radius 3 is 2.74 bits per heavy atom. The molecule has 104 valence electrons. The highest BCUT2D eigenvalue weighted by molar-refractivity contribution is 5.70. The first-order valence-electron chi connectivity index (χ1n) is 5.71. The maximum absolute atomic E-state index is 11.2. The van der Waals surface area contributed by atoms with E-state index in [0.29, 0.717) is 0 Å². The lowest BCUT2D eigenvalue weighted by molar-refractivity contribution is -0.385. The lowest BCUT2D eigenvalue weighted by Crippen LogP contribution is -2.23. The van der Waals surface area contributed by atoms with Crippen LogP contribution in [-0.4, -0.2) is 33.8 Å². The number of benzene rings is 1. The molecule has 0 aromatic heterocycles. The second-order valence-electron chi connectivity index (χ2n) is 3.87. The number of carbonyl (C=O) groups excluding carboxylic acids is 1. The van der Waals surface area contributed by atoms with Gasteiger partial charge in [-0.3, -0.25) is 14.9 Å². The normalized spacial score (nSPS) is 13.6. The van der Waals surface area contributed by atoms with E-state index >= 15 is 0 Å². The molecule has 0 saturated heterocycles. The first-order valence-corrected chi connectivity index (χ1v) is 5.71. The first kappa shape index (κ1) is 15.1. The van der Waals surface area contributed by atoms with E-state index in [1.807, 2.05) is 0 Å². The quantitative estimate of drug-likeness (QED) is 0.452. The van der Waals surface area contributed by atoms with Crippen LogP contribution >= 0.6 is 0 Å². The molecule has 0 heterocycles. The number of hydrogen-bond donors (Lipinski definition) is 2. The Morgan fingerprint density at radius 2 is 2.16 bits per heavy atom. The van der Waals surface area contributed by atoms with Crippen LogP contribution in [0.15, 0.2) is 24.3 Å². The predicted octanol–water partition coefficient (Wildman–Crippen LogP) is 0.942. The molecule has 7 nitrogen and oxygen atoms in total. The third kappa shape index (κ3) is 4.31. The van der Waals surface area contributed by atoms with Gasteiger partial charge in [0.1, 0.15) is 6.10 Å². The summed E-state index contributed by atoms with van der Waals surface area (Å²) in [5.74, 6) is -0.639. The molecule has 1 aromatic rings. The van der Waals surface area contributed by atoms with E-state index in [2.05, 4.69) is 4.74 Å². The topological polar surface area (TPSA) is 110 Å². The molecule has 7 heteroatoms. The maximum atomic E-state index is 11.2. The van der Waals surface area contributed by atoms with Gasteiger partial charge in [-0.15, -0.1) is 0 Å². The molecule has 2 unspecified atom stereocenters. The van der Waals surface area contributed by atoms with Gasteiger partial charge < -0.3 is 14.9 Å². The lowest BCUT2D eigenvalue weighted by atomic mass is 10.0. The molecule has 0 aliphatic heterocycles. The van der Waals surface area contributed by atoms with Gasteiger partial charge in [-0.2, -0.15) is 0 Å². The molecule has 0 fully saturated rings. The SMILES string of the molecule is CCOC(=O)CC(O)C(O)c1cccc([N+](=O)[O-])c1. The number of aliphatic hydroxyl groups is 2. The Labute approximate surface area is 109 Å². The van der Waals surface area contributed by atoms with Gasteiger partial charge in [-0.25, -0.2) is 0 Å². The molecule has 0 aliphatic carbocycles. The van der Waals surface area contributed by atoms with Crippen LogP contribution in [-0.2, 0) is 9.53 Å². The molecule has 2 N–H and O–H groups in total. The van der Waals surface area contributed by atoms with Crippen molar-refractivity contribution in [2.75, 3.05) is 6.61 Å². The lowest BCUT2D eigenvalue weighted by Gasteiger charge is -2.17. The zero-order valence-corrected chi connectivity index (χ0v) is 10.4. The fourth-order valence-corrected chi connectivity index (χ4v) is 1.55. The Bertz CT molecular complexity index is 461. The predicted molar refractivity (Wildman–Crippen MR) is 65.3 cm³/mol. The number of carbonyl (C=O) groups is 1. The minimum absolute atomic E-state index is 0.172. The van der Waals surface area contributed by atoms with Crippen LogP contribution in [0.5, 0.6) is 0 Å². The second-order valence-corrected chi connectivity index (χ2v) is 3.87. The summed E-state index contributed by atoms with van der Waals surface area (Å²) in [7, 11) is 0. The molecule has 0 saturated carbocycles. The van der Waals surface area contributed by atoms with Gasteiger partial charge in [-0.05, 0) is 12.5 Å². The van der Waals surface area contributed by atoms with Crippen LogP contribution in [0.1, 0.15) is 25.0 Å². The van der Waals surface area contributed by atoms with Crippen molar-refractivity contribution in [2.45, 2.75) is 25.6 Å². The van der Waals surface area contributed by atoms with Crippen molar-refractivity contribution in [3.63, 3.8) is 0 Å². The van der Waals surface area contributed by atoms with E-state index in [9.17, 15) is 25.1 Å². The van der Waals surface area contributed by atoms with Crippen molar-refractivity contribution >= 4 is 11.7 Å². The minimum atomic E-state index is -1.38. The molecule has 0 radical (unpaired) electrons. The Kier molecular flexibility index (Phi) is 5.40. The number of nitro benzene ring substituents is 1. The van der Waals surface area contributed by atoms with Crippen molar-refractivity contribution in [1.82, 2.24) is 0 Å². The number of ether oxygens (including phenoxy) is 1. The highest BCUT2D eigenvalue weighted by Gasteiger charge is 2.23. The fourth-order valence-electron chi connectivity index (χ4n) is 1.55. The van der Waals surface area contributed by atoms with Crippen LogP contribution in [0, 0.1) is 10.1 Å². The summed E-state index contributed by atoms with van der Waals surface area (Å²) in [6.07, 6.45) is -3.14. The third-order valence-electron chi connectivity index (χ3n) is 2.47. The summed E-state index contributed by atoms with van der Waals surface area (Å²) >= 11 is 0. The van der Waals surface area contributed by atoms with Crippen LogP contribution in [0.4, 0.5) is 5.69 Å². The molecular weight excluding hydrogens is 254 g/mol. The van der Waals surface area contributed by atoms with Crippen LogP contribution in [0.3, 0.4) is 0 Å². The van der Waals surface area contributed by atoms with Crippen molar-refractivity contribution in [2.24, 2.45) is 0 Å². The highest BCUT2D eigenvalue weighted by Crippen LogP contribution is 2.23. The smallest absolute Gasteiger partial charge is 0.308 e. The number of esters is 1. The van der Waals surface area contributed by atoms with Crippen LogP contribution in [0.25, 0.3) is 0 Å². The third-order valence-corrected chi connectivity index (χ3v) is 2.47. The van der Waals surface area contributed by atoms with Gasteiger partial charge in [0.2, 0.25) is 0 Å². The van der Waals surface area contributed by atoms with E-state index in [1.165, 1.54) is 18.2 Å². The zero-order chi connectivity index (χ0) is 14.4. The monoisotopic (exact) mass is 269 g/mol. The highest BCUT2D eigenvalue weighted by atomic mass is 16.6. The van der Waals surface area contributed by atoms with E-state index in [0.717, 1.165) is 6.07 Å². The summed E-state index contributed by atoms with van der Waals surface area (Å²) in [6, 6.07) is 5.26. The summed E-state index contributed by atoms with van der Waals surface area (Å²) in [4.78, 5) is 21.2. The summed E-state index contributed by atoms with van der Waals surface area (Å²) < 4.78 is 4.64. The Morgan fingerprint density at radius 1 is 1.47 bits per heavy atom. The van der Waals surface area contributed by atoms with E-state index in [4.69, 9.17) is 0 Å². The minimum Gasteiger partial charge on any atom is -0.466 e. The number of nitrogens with zero attached hydrogens (tertiary/aromatic N) is 1. The van der Waals surface area contributed by atoms with Crippen molar-refractivity contribution in [1.29, 1.82) is 0 Å². The average Bonchev–Trinajstić information content (AvgIpc) is 2.38. The van der Waals surface area contributed by atoms with Gasteiger partial charge >= 0.3 is 5.97 Å². The van der Waals surface area contributed by atoms with E-state index in [1.54, 1.807) is 6.92 Å². The average molecular weight is 269 g/mol. The van der Waals surface area contributed by atoms with Crippen molar-refractivity contribution in [3.8, 4) is 0 Å². The summed E-state index contributed by atoms with van der Waals surface area (Å²) in [5, 5.41) is 30.1. The number of hydrogen-bond acceptors (Lipinski definition) is 6. The Hall–Kier alpha value is -1.99.